The fourth-order valence-corrected chi connectivity index (χ4v) is 3.95. The number of aliphatic hydroxyl groups is 2. The summed E-state index contributed by atoms with van der Waals surface area (Å²) < 4.78 is 23.7. The maximum atomic E-state index is 10.8. The van der Waals surface area contributed by atoms with Gasteiger partial charge in [-0.1, -0.05) is 60.7 Å². The van der Waals surface area contributed by atoms with Crippen LogP contribution in [0.25, 0.3) is 0 Å². The lowest BCUT2D eigenvalue weighted by atomic mass is 9.85. The molecular formula is C20H20O6. The SMILES string of the molecule is O[C@@H]1[C@H]2OC(c3ccccc3)O[C@H]2[C@@H](O)[C@@H]2OC(c3ccccc3)O[C@@H]12. The minimum absolute atomic E-state index is 0.626. The average molecular weight is 356 g/mol. The van der Waals surface area contributed by atoms with Gasteiger partial charge in [0.15, 0.2) is 12.6 Å². The van der Waals surface area contributed by atoms with Crippen molar-refractivity contribution in [3.05, 3.63) is 71.8 Å². The fraction of sp³-hybridized carbons (Fsp3) is 0.400. The van der Waals surface area contributed by atoms with Crippen molar-refractivity contribution in [2.45, 2.75) is 49.2 Å². The lowest BCUT2D eigenvalue weighted by Crippen LogP contribution is -2.61. The number of ether oxygens (including phenoxy) is 4. The van der Waals surface area contributed by atoms with Crippen LogP contribution in [0.1, 0.15) is 23.7 Å². The van der Waals surface area contributed by atoms with Crippen molar-refractivity contribution in [3.63, 3.8) is 0 Å². The maximum absolute atomic E-state index is 10.8. The molecule has 0 bridgehead atoms. The normalized spacial score (nSPS) is 41.6. The minimum atomic E-state index is -0.948. The van der Waals surface area contributed by atoms with Crippen molar-refractivity contribution in [3.8, 4) is 0 Å². The van der Waals surface area contributed by atoms with E-state index >= 15 is 0 Å². The Morgan fingerprint density at radius 2 is 0.808 bits per heavy atom. The third kappa shape index (κ3) is 2.58. The molecule has 2 aliphatic heterocycles. The van der Waals surface area contributed by atoms with Gasteiger partial charge in [-0.3, -0.25) is 0 Å². The Labute approximate surface area is 150 Å². The maximum Gasteiger partial charge on any atom is 0.184 e. The van der Waals surface area contributed by atoms with Crippen molar-refractivity contribution in [1.29, 1.82) is 0 Å². The first-order valence-electron chi connectivity index (χ1n) is 8.80. The van der Waals surface area contributed by atoms with Crippen LogP contribution >= 0.6 is 0 Å². The smallest absolute Gasteiger partial charge is 0.184 e. The first-order valence-corrected chi connectivity index (χ1v) is 8.80. The van der Waals surface area contributed by atoms with Crippen LogP contribution in [0.5, 0.6) is 0 Å². The van der Waals surface area contributed by atoms with Gasteiger partial charge in [-0.25, -0.2) is 0 Å². The molecule has 0 spiro atoms. The summed E-state index contributed by atoms with van der Waals surface area (Å²) in [5, 5.41) is 21.6. The van der Waals surface area contributed by atoms with Crippen molar-refractivity contribution in [1.82, 2.24) is 0 Å². The van der Waals surface area contributed by atoms with E-state index in [1.165, 1.54) is 0 Å². The van der Waals surface area contributed by atoms with Gasteiger partial charge >= 0.3 is 0 Å². The van der Waals surface area contributed by atoms with E-state index in [0.717, 1.165) is 11.1 Å². The van der Waals surface area contributed by atoms with Crippen molar-refractivity contribution >= 4 is 0 Å². The van der Waals surface area contributed by atoms with Crippen molar-refractivity contribution < 1.29 is 29.2 Å². The van der Waals surface area contributed by atoms with Gasteiger partial charge in [-0.15, -0.1) is 0 Å². The Bertz CT molecular complexity index is 664. The van der Waals surface area contributed by atoms with Gasteiger partial charge < -0.3 is 29.2 Å². The summed E-state index contributed by atoms with van der Waals surface area (Å²) in [6.45, 7) is 0. The highest BCUT2D eigenvalue weighted by molar-refractivity contribution is 5.20. The lowest BCUT2D eigenvalue weighted by Gasteiger charge is -2.38. The predicted octanol–water partition coefficient (Wildman–Crippen LogP) is 1.69. The van der Waals surface area contributed by atoms with E-state index in [0.29, 0.717) is 0 Å². The zero-order valence-corrected chi connectivity index (χ0v) is 13.9. The molecule has 136 valence electrons. The van der Waals surface area contributed by atoms with E-state index in [-0.39, 0.29) is 0 Å². The Kier molecular flexibility index (Phi) is 4.04. The summed E-state index contributed by atoms with van der Waals surface area (Å²) in [5.74, 6) is 0. The first kappa shape index (κ1) is 16.4. The van der Waals surface area contributed by atoms with Gasteiger partial charge in [-0.2, -0.15) is 0 Å². The summed E-state index contributed by atoms with van der Waals surface area (Å²) in [6.07, 6.45) is -5.83. The molecule has 3 aliphatic rings. The number of fused-ring (bicyclic) bond motifs is 2. The molecule has 0 radical (unpaired) electrons. The fourth-order valence-electron chi connectivity index (χ4n) is 3.95. The Morgan fingerprint density at radius 3 is 1.12 bits per heavy atom. The standard InChI is InChI=1S/C20H20O6/c21-13-15-16(24-19(23-15)11-7-3-1-4-8-11)14(22)18-17(13)25-20(26-18)12-9-5-2-6-10-12/h1-10,13-22H/t13-,14-,15-,16-,17-,18+,19?,20?/m0/s1. The molecule has 0 amide bonds. The number of benzene rings is 2. The van der Waals surface area contributed by atoms with Gasteiger partial charge in [0.05, 0.1) is 0 Å². The monoisotopic (exact) mass is 356 g/mol. The zero-order valence-electron chi connectivity index (χ0n) is 13.9. The number of hydrogen-bond acceptors (Lipinski definition) is 6. The molecule has 1 saturated carbocycles. The zero-order chi connectivity index (χ0) is 17.7. The third-order valence-corrected chi connectivity index (χ3v) is 5.26. The Balaban J connectivity index is 1.37. The number of aliphatic hydroxyl groups excluding tert-OH is 2. The van der Waals surface area contributed by atoms with E-state index in [9.17, 15) is 10.2 Å². The quantitative estimate of drug-likeness (QED) is 0.853. The third-order valence-electron chi connectivity index (χ3n) is 5.26. The summed E-state index contributed by atoms with van der Waals surface area (Å²) in [4.78, 5) is 0. The second kappa shape index (κ2) is 6.42. The number of rotatable bonds is 2. The van der Waals surface area contributed by atoms with Crippen molar-refractivity contribution in [2.75, 3.05) is 0 Å². The van der Waals surface area contributed by atoms with Gasteiger partial charge in [-0.05, 0) is 0 Å². The average Bonchev–Trinajstić information content (AvgIpc) is 3.33. The van der Waals surface area contributed by atoms with Gasteiger partial charge in [0.1, 0.15) is 36.6 Å². The van der Waals surface area contributed by atoms with Crippen LogP contribution in [0, 0.1) is 0 Å². The summed E-state index contributed by atoms with van der Waals surface area (Å²) in [6, 6.07) is 18.9. The van der Waals surface area contributed by atoms with Crippen LogP contribution < -0.4 is 0 Å². The predicted molar refractivity (Wildman–Crippen MR) is 89.9 cm³/mol. The molecule has 26 heavy (non-hydrogen) atoms. The molecular weight excluding hydrogens is 336 g/mol. The second-order valence-electron chi connectivity index (χ2n) is 6.87. The van der Waals surface area contributed by atoms with Crippen LogP contribution in [-0.2, 0) is 18.9 Å². The highest BCUT2D eigenvalue weighted by Gasteiger charge is 2.60. The molecule has 2 aromatic rings. The molecule has 2 N–H and O–H groups in total. The second-order valence-corrected chi connectivity index (χ2v) is 6.87. The van der Waals surface area contributed by atoms with E-state index in [1.807, 2.05) is 60.7 Å². The molecule has 8 atom stereocenters. The summed E-state index contributed by atoms with van der Waals surface area (Å²) >= 11 is 0. The van der Waals surface area contributed by atoms with E-state index < -0.39 is 49.2 Å². The molecule has 6 heteroatoms. The molecule has 3 fully saturated rings. The Hall–Kier alpha value is -1.80. The van der Waals surface area contributed by atoms with E-state index in [1.54, 1.807) is 0 Å². The van der Waals surface area contributed by atoms with Gasteiger partial charge in [0.2, 0.25) is 0 Å². The van der Waals surface area contributed by atoms with Crippen LogP contribution in [-0.4, -0.2) is 46.8 Å². The molecule has 2 unspecified atom stereocenters. The summed E-state index contributed by atoms with van der Waals surface area (Å²) in [5.41, 5.74) is 1.69. The molecule has 2 aromatic carbocycles. The highest BCUT2D eigenvalue weighted by atomic mass is 16.8. The molecule has 1 aliphatic carbocycles. The summed E-state index contributed by atoms with van der Waals surface area (Å²) in [7, 11) is 0. The highest BCUT2D eigenvalue weighted by Crippen LogP contribution is 2.45. The van der Waals surface area contributed by atoms with E-state index in [2.05, 4.69) is 0 Å². The first-order chi connectivity index (χ1) is 12.7. The van der Waals surface area contributed by atoms with Crippen molar-refractivity contribution in [2.24, 2.45) is 0 Å². The molecule has 6 nitrogen and oxygen atoms in total. The molecule has 0 aromatic heterocycles. The van der Waals surface area contributed by atoms with Gasteiger partial charge in [0.25, 0.3) is 0 Å². The largest absolute Gasteiger partial charge is 0.387 e. The minimum Gasteiger partial charge on any atom is -0.387 e. The van der Waals surface area contributed by atoms with E-state index in [4.69, 9.17) is 18.9 Å². The molecule has 5 rings (SSSR count). The topological polar surface area (TPSA) is 77.4 Å². The van der Waals surface area contributed by atoms with Crippen LogP contribution in [0.15, 0.2) is 60.7 Å². The van der Waals surface area contributed by atoms with Gasteiger partial charge in [0, 0.05) is 11.1 Å². The Morgan fingerprint density at radius 1 is 0.500 bits per heavy atom. The molecule has 2 heterocycles. The number of hydrogen-bond donors (Lipinski definition) is 2. The van der Waals surface area contributed by atoms with Crippen LogP contribution in [0.4, 0.5) is 0 Å². The van der Waals surface area contributed by atoms with Crippen LogP contribution in [0.2, 0.25) is 0 Å². The molecule has 2 saturated heterocycles. The van der Waals surface area contributed by atoms with Crippen LogP contribution in [0.3, 0.4) is 0 Å². The lowest BCUT2D eigenvalue weighted by molar-refractivity contribution is -0.152.